The third kappa shape index (κ3) is 2.96. The lowest BCUT2D eigenvalue weighted by atomic mass is 10.2. The van der Waals surface area contributed by atoms with Crippen molar-refractivity contribution in [2.75, 3.05) is 19.2 Å². The van der Waals surface area contributed by atoms with E-state index >= 15 is 0 Å². The number of fused-ring (bicyclic) bond motifs is 1. The molecule has 0 saturated carbocycles. The lowest BCUT2D eigenvalue weighted by Crippen LogP contribution is -2.00. The van der Waals surface area contributed by atoms with Crippen LogP contribution in [0.5, 0.6) is 17.2 Å². The van der Waals surface area contributed by atoms with Gasteiger partial charge in [0.2, 0.25) is 6.79 Å². The molecule has 110 valence electrons. The highest BCUT2D eigenvalue weighted by Gasteiger charge is 2.13. The minimum atomic E-state index is 0.266. The molecule has 1 heterocycles. The first-order valence-electron chi connectivity index (χ1n) is 6.33. The molecule has 0 radical (unpaired) electrons. The average Bonchev–Trinajstić information content (AvgIpc) is 2.92. The highest BCUT2D eigenvalue weighted by molar-refractivity contribution is 6.37. The Hall–Kier alpha value is -1.78. The minimum Gasteiger partial charge on any atom is -0.494 e. The number of halogens is 2. The van der Waals surface area contributed by atoms with Crippen LogP contribution >= 0.6 is 23.2 Å². The molecule has 0 bridgehead atoms. The van der Waals surface area contributed by atoms with Crippen LogP contribution in [0.4, 0.5) is 5.69 Å². The maximum absolute atomic E-state index is 6.12. The van der Waals surface area contributed by atoms with E-state index in [-0.39, 0.29) is 6.79 Å². The zero-order valence-electron chi connectivity index (χ0n) is 11.3. The summed E-state index contributed by atoms with van der Waals surface area (Å²) in [5.74, 6) is 1.99. The van der Waals surface area contributed by atoms with Crippen molar-refractivity contribution < 1.29 is 14.2 Å². The normalized spacial score (nSPS) is 12.3. The summed E-state index contributed by atoms with van der Waals surface area (Å²) in [4.78, 5) is 0. The summed E-state index contributed by atoms with van der Waals surface area (Å²) in [6.45, 7) is 0.853. The molecule has 0 aromatic heterocycles. The highest BCUT2D eigenvalue weighted by atomic mass is 35.5. The molecule has 6 heteroatoms. The maximum atomic E-state index is 6.12. The summed E-state index contributed by atoms with van der Waals surface area (Å²) in [5, 5.41) is 4.28. The van der Waals surface area contributed by atoms with Gasteiger partial charge in [0.05, 0.1) is 17.2 Å². The number of nitrogens with one attached hydrogen (secondary N) is 1. The van der Waals surface area contributed by atoms with Gasteiger partial charge in [-0.2, -0.15) is 0 Å². The van der Waals surface area contributed by atoms with Crippen LogP contribution in [0.3, 0.4) is 0 Å². The molecular weight excluding hydrogens is 313 g/mol. The molecule has 0 unspecified atom stereocenters. The molecule has 0 spiro atoms. The van der Waals surface area contributed by atoms with Crippen LogP contribution in [0.25, 0.3) is 0 Å². The Labute approximate surface area is 132 Å². The molecule has 2 aromatic rings. The van der Waals surface area contributed by atoms with Crippen molar-refractivity contribution in [2.45, 2.75) is 6.54 Å². The Kier molecular flexibility index (Phi) is 3.99. The van der Waals surface area contributed by atoms with Gasteiger partial charge in [-0.25, -0.2) is 0 Å². The molecule has 0 fully saturated rings. The van der Waals surface area contributed by atoms with Crippen molar-refractivity contribution in [2.24, 2.45) is 0 Å². The fraction of sp³-hybridized carbons (Fsp3) is 0.200. The minimum absolute atomic E-state index is 0.266. The predicted molar refractivity (Wildman–Crippen MR) is 82.9 cm³/mol. The SMILES string of the molecule is COc1c(Cl)cc(CNc2ccc3c(c2)OCO3)cc1Cl. The molecule has 2 aromatic carbocycles. The zero-order valence-corrected chi connectivity index (χ0v) is 12.8. The summed E-state index contributed by atoms with van der Waals surface area (Å²) < 4.78 is 15.7. The molecule has 0 aliphatic carbocycles. The van der Waals surface area contributed by atoms with Gasteiger partial charge >= 0.3 is 0 Å². The summed E-state index contributed by atoms with van der Waals surface area (Å²) >= 11 is 12.2. The van der Waals surface area contributed by atoms with E-state index in [1.54, 1.807) is 0 Å². The van der Waals surface area contributed by atoms with Gasteiger partial charge in [0.15, 0.2) is 17.2 Å². The van der Waals surface area contributed by atoms with Crippen LogP contribution in [-0.2, 0) is 6.54 Å². The van der Waals surface area contributed by atoms with Gasteiger partial charge < -0.3 is 19.5 Å². The smallest absolute Gasteiger partial charge is 0.231 e. The van der Waals surface area contributed by atoms with E-state index in [0.29, 0.717) is 22.3 Å². The molecule has 1 aliphatic rings. The average molecular weight is 326 g/mol. The molecule has 3 rings (SSSR count). The van der Waals surface area contributed by atoms with Crippen molar-refractivity contribution in [3.05, 3.63) is 45.9 Å². The van der Waals surface area contributed by atoms with Gasteiger partial charge in [0, 0.05) is 18.3 Å². The Morgan fingerprint density at radius 2 is 1.81 bits per heavy atom. The first-order chi connectivity index (χ1) is 10.2. The van der Waals surface area contributed by atoms with Gasteiger partial charge in [-0.3, -0.25) is 0 Å². The van der Waals surface area contributed by atoms with Crippen molar-refractivity contribution in [1.82, 2.24) is 0 Å². The topological polar surface area (TPSA) is 39.7 Å². The molecule has 0 atom stereocenters. The van der Waals surface area contributed by atoms with E-state index in [2.05, 4.69) is 5.32 Å². The molecule has 0 saturated heterocycles. The Morgan fingerprint density at radius 1 is 1.10 bits per heavy atom. The fourth-order valence-corrected chi connectivity index (χ4v) is 2.81. The van der Waals surface area contributed by atoms with E-state index in [1.165, 1.54) is 7.11 Å². The quantitative estimate of drug-likeness (QED) is 0.907. The summed E-state index contributed by atoms with van der Waals surface area (Å²) in [6, 6.07) is 9.35. The number of rotatable bonds is 4. The second kappa shape index (κ2) is 5.92. The standard InChI is InChI=1S/C15H13Cl2NO3/c1-19-15-11(16)4-9(5-12(15)17)7-18-10-2-3-13-14(6-10)21-8-20-13/h2-6,18H,7-8H2,1H3. The summed E-state index contributed by atoms with van der Waals surface area (Å²) in [5.41, 5.74) is 1.89. The van der Waals surface area contributed by atoms with E-state index in [0.717, 1.165) is 22.7 Å². The summed E-state index contributed by atoms with van der Waals surface area (Å²) in [6.07, 6.45) is 0. The van der Waals surface area contributed by atoms with Crippen molar-refractivity contribution in [3.8, 4) is 17.2 Å². The molecule has 0 amide bonds. The van der Waals surface area contributed by atoms with Gasteiger partial charge in [-0.1, -0.05) is 23.2 Å². The van der Waals surface area contributed by atoms with Crippen LogP contribution in [0.1, 0.15) is 5.56 Å². The highest BCUT2D eigenvalue weighted by Crippen LogP contribution is 2.35. The first kappa shape index (κ1) is 14.2. The van der Waals surface area contributed by atoms with Crippen LogP contribution in [-0.4, -0.2) is 13.9 Å². The monoisotopic (exact) mass is 325 g/mol. The first-order valence-corrected chi connectivity index (χ1v) is 7.08. The zero-order chi connectivity index (χ0) is 14.8. The molecular formula is C15H13Cl2NO3. The van der Waals surface area contributed by atoms with E-state index < -0.39 is 0 Å². The molecule has 4 nitrogen and oxygen atoms in total. The lowest BCUT2D eigenvalue weighted by Gasteiger charge is -2.11. The predicted octanol–water partition coefficient (Wildman–Crippen LogP) is 4.34. The number of methoxy groups -OCH3 is 1. The molecule has 1 N–H and O–H groups in total. The van der Waals surface area contributed by atoms with E-state index in [4.69, 9.17) is 37.4 Å². The lowest BCUT2D eigenvalue weighted by molar-refractivity contribution is 0.174. The maximum Gasteiger partial charge on any atom is 0.231 e. The molecule has 1 aliphatic heterocycles. The van der Waals surface area contributed by atoms with E-state index in [9.17, 15) is 0 Å². The van der Waals surface area contributed by atoms with Crippen molar-refractivity contribution >= 4 is 28.9 Å². The van der Waals surface area contributed by atoms with Crippen LogP contribution in [0.15, 0.2) is 30.3 Å². The fourth-order valence-electron chi connectivity index (χ4n) is 2.12. The number of hydrogen-bond acceptors (Lipinski definition) is 4. The van der Waals surface area contributed by atoms with Gasteiger partial charge in [0.1, 0.15) is 0 Å². The Balaban J connectivity index is 1.73. The van der Waals surface area contributed by atoms with E-state index in [1.807, 2.05) is 30.3 Å². The van der Waals surface area contributed by atoms with Crippen LogP contribution < -0.4 is 19.5 Å². The third-order valence-corrected chi connectivity index (χ3v) is 3.69. The van der Waals surface area contributed by atoms with Gasteiger partial charge in [-0.15, -0.1) is 0 Å². The summed E-state index contributed by atoms with van der Waals surface area (Å²) in [7, 11) is 1.54. The van der Waals surface area contributed by atoms with Crippen LogP contribution in [0, 0.1) is 0 Å². The van der Waals surface area contributed by atoms with Crippen LogP contribution in [0.2, 0.25) is 10.0 Å². The number of ether oxygens (including phenoxy) is 3. The second-order valence-electron chi connectivity index (χ2n) is 4.51. The molecule has 21 heavy (non-hydrogen) atoms. The van der Waals surface area contributed by atoms with Gasteiger partial charge in [0.25, 0.3) is 0 Å². The largest absolute Gasteiger partial charge is 0.494 e. The van der Waals surface area contributed by atoms with Crippen molar-refractivity contribution in [3.63, 3.8) is 0 Å². The number of benzene rings is 2. The number of anilines is 1. The Bertz CT molecular complexity index is 653. The van der Waals surface area contributed by atoms with Crippen molar-refractivity contribution in [1.29, 1.82) is 0 Å². The second-order valence-corrected chi connectivity index (χ2v) is 5.33. The number of hydrogen-bond donors (Lipinski definition) is 1. The third-order valence-electron chi connectivity index (χ3n) is 3.13. The van der Waals surface area contributed by atoms with Gasteiger partial charge in [-0.05, 0) is 29.8 Å². The Morgan fingerprint density at radius 3 is 2.52 bits per heavy atom.